The van der Waals surface area contributed by atoms with E-state index in [2.05, 4.69) is 0 Å². The summed E-state index contributed by atoms with van der Waals surface area (Å²) in [7, 11) is -1.42. The molecule has 0 radical (unpaired) electrons. The minimum absolute atomic E-state index is 0. The van der Waals surface area contributed by atoms with Gasteiger partial charge in [-0.05, 0) is 34.6 Å². The Balaban J connectivity index is -0.0000000287. The van der Waals surface area contributed by atoms with Crippen molar-refractivity contribution in [2.24, 2.45) is 0 Å². The van der Waals surface area contributed by atoms with Crippen LogP contribution in [0, 0.1) is 31.1 Å². The van der Waals surface area contributed by atoms with E-state index in [1.807, 2.05) is 0 Å². The van der Waals surface area contributed by atoms with Crippen LogP contribution in [0.4, 0.5) is 0 Å². The van der Waals surface area contributed by atoms with Gasteiger partial charge in [-0.2, -0.15) is 0 Å². The smallest absolute Gasteiger partial charge is 0.303 e. The first-order valence-corrected chi connectivity index (χ1v) is 5.77. The fraction of sp³-hybridized carbons (Fsp3) is 0.500. The van der Waals surface area contributed by atoms with Crippen LogP contribution in [0.1, 0.15) is 34.6 Å². The van der Waals surface area contributed by atoms with E-state index >= 15 is 0 Å². The van der Waals surface area contributed by atoms with E-state index in [4.69, 9.17) is 58.6 Å². The maximum absolute atomic E-state index is 8.89. The van der Waals surface area contributed by atoms with Crippen molar-refractivity contribution in [2.45, 2.75) is 34.6 Å². The Hall–Kier alpha value is -1.70. The molecule has 0 bridgehead atoms. The maximum atomic E-state index is 8.89. The van der Waals surface area contributed by atoms with Crippen LogP contribution in [0.15, 0.2) is 0 Å². The molecule has 0 aromatic heterocycles. The predicted molar refractivity (Wildman–Crippen MR) is 63.1 cm³/mol. The number of hydrogen-bond acceptors (Lipinski definition) is 12. The van der Waals surface area contributed by atoms with Crippen LogP contribution in [0.2, 0.25) is 0 Å². The Bertz CT molecular complexity index is 286. The molecule has 24 heavy (non-hydrogen) atoms. The normalized spacial score (nSPS) is 5.71. The second-order valence-corrected chi connectivity index (χ2v) is 2.71. The summed E-state index contributed by atoms with van der Waals surface area (Å²) in [6.07, 6.45) is 0. The van der Waals surface area contributed by atoms with Gasteiger partial charge in [0.15, 0.2) is 0 Å². The molecule has 0 aliphatic rings. The summed E-state index contributed by atoms with van der Waals surface area (Å²) in [6, 6.07) is 0. The van der Waals surface area contributed by atoms with Crippen molar-refractivity contribution < 1.29 is 89.7 Å². The van der Waals surface area contributed by atoms with Crippen molar-refractivity contribution in [2.75, 3.05) is 0 Å². The molecule has 0 aromatic rings. The van der Waals surface area contributed by atoms with Crippen LogP contribution in [0.5, 0.6) is 0 Å². The zero-order valence-corrected chi connectivity index (χ0v) is 18.6. The van der Waals surface area contributed by atoms with Crippen LogP contribution < -0.4 is 25.5 Å². The SMILES string of the molecule is CC(=O)[O-].CC(=O)[O-].CC(=O)[O-].CC(=O)[O-].CC(=O)[O-].O=[PH]=O.[U]. The monoisotopic (exact) mass is 597 g/mol. The topological polar surface area (TPSA) is 235 Å². The molecular formula is C10H16O12PU-5. The summed E-state index contributed by atoms with van der Waals surface area (Å²) in [6.45, 7) is 4.86. The van der Waals surface area contributed by atoms with Gasteiger partial charge < -0.3 is 49.5 Å². The third kappa shape index (κ3) is 2620. The Morgan fingerprint density at radius 3 is 0.500 bits per heavy atom. The van der Waals surface area contributed by atoms with Gasteiger partial charge in [-0.15, -0.1) is 0 Å². The zero-order valence-electron chi connectivity index (χ0n) is 13.4. The molecule has 0 aliphatic carbocycles. The number of carboxylic acids is 5. The van der Waals surface area contributed by atoms with Crippen molar-refractivity contribution >= 4 is 38.2 Å². The second kappa shape index (κ2) is 42.9. The molecule has 0 spiro atoms. The molecule has 0 saturated heterocycles. The standard InChI is InChI=1S/5C2H4O2.HO2P.U/c5*1-2(3)4;1-3-2;/h5*1H3,(H,3,4);3H;/p-5. The minimum atomic E-state index is -1.42. The van der Waals surface area contributed by atoms with Gasteiger partial charge in [-0.3, -0.25) is 0 Å². The van der Waals surface area contributed by atoms with Crippen molar-refractivity contribution in [3.63, 3.8) is 0 Å². The molecule has 0 fully saturated rings. The van der Waals surface area contributed by atoms with Gasteiger partial charge in [0, 0.05) is 61.0 Å². The number of hydrogen-bond donors (Lipinski definition) is 0. The number of carboxylic acid groups (broad SMARTS) is 5. The predicted octanol–water partition coefficient (Wildman–Crippen LogP) is -5.86. The third-order valence-corrected chi connectivity index (χ3v) is 0. The summed E-state index contributed by atoms with van der Waals surface area (Å²) < 4.78 is 16.8. The molecular weight excluding hydrogens is 581 g/mol. The summed E-state index contributed by atoms with van der Waals surface area (Å²) in [5.74, 6) is -5.42. The van der Waals surface area contributed by atoms with Crippen molar-refractivity contribution in [1.29, 1.82) is 0 Å². The molecule has 0 rings (SSSR count). The third-order valence-electron chi connectivity index (χ3n) is 0. The van der Waals surface area contributed by atoms with E-state index in [9.17, 15) is 0 Å². The first-order chi connectivity index (χ1) is 10.1. The molecule has 12 nitrogen and oxygen atoms in total. The molecule has 14 heteroatoms. The second-order valence-electron chi connectivity index (χ2n) is 2.54. The van der Waals surface area contributed by atoms with Gasteiger partial charge in [0.2, 0.25) is 0 Å². The van der Waals surface area contributed by atoms with E-state index in [0.717, 1.165) is 34.6 Å². The van der Waals surface area contributed by atoms with Gasteiger partial charge in [0.1, 0.15) is 0 Å². The van der Waals surface area contributed by atoms with Crippen molar-refractivity contribution in [3.05, 3.63) is 0 Å². The average molecular weight is 597 g/mol. The molecule has 142 valence electrons. The Kier molecular flexibility index (Phi) is 77.3. The minimum Gasteiger partial charge on any atom is -0.550 e. The van der Waals surface area contributed by atoms with Gasteiger partial charge in [0.25, 0.3) is 0 Å². The van der Waals surface area contributed by atoms with Crippen LogP contribution in [-0.4, -0.2) is 29.8 Å². The molecule has 0 aliphatic heterocycles. The van der Waals surface area contributed by atoms with Gasteiger partial charge >= 0.3 is 8.34 Å². The van der Waals surface area contributed by atoms with E-state index < -0.39 is 38.2 Å². The molecule has 0 aromatic carbocycles. The molecule has 0 N–H and O–H groups in total. The van der Waals surface area contributed by atoms with E-state index in [1.54, 1.807) is 0 Å². The summed E-state index contributed by atoms with van der Waals surface area (Å²) in [4.78, 5) is 44.4. The maximum Gasteiger partial charge on any atom is 0.303 e. The van der Waals surface area contributed by atoms with Crippen LogP contribution >= 0.6 is 8.34 Å². The van der Waals surface area contributed by atoms with Crippen LogP contribution in [0.25, 0.3) is 0 Å². The van der Waals surface area contributed by atoms with Gasteiger partial charge in [0.05, 0.1) is 0 Å². The van der Waals surface area contributed by atoms with E-state index in [-0.39, 0.29) is 31.1 Å². The summed E-state index contributed by atoms with van der Waals surface area (Å²) >= 11 is 0. The largest absolute Gasteiger partial charge is 0.550 e. The molecule has 0 unspecified atom stereocenters. The molecule has 0 atom stereocenters. The van der Waals surface area contributed by atoms with Crippen LogP contribution in [0.3, 0.4) is 0 Å². The molecule has 0 heterocycles. The Morgan fingerprint density at radius 2 is 0.500 bits per heavy atom. The van der Waals surface area contributed by atoms with E-state index in [0.29, 0.717) is 0 Å². The quantitative estimate of drug-likeness (QED) is 0.238. The molecule has 0 amide bonds. The number of aliphatic carboxylic acids is 5. The first kappa shape index (κ1) is 43.2. The fourth-order valence-electron chi connectivity index (χ4n) is 0. The zero-order chi connectivity index (χ0) is 20.6. The first-order valence-electron chi connectivity index (χ1n) is 4.95. The summed E-state index contributed by atoms with van der Waals surface area (Å²) in [5.41, 5.74) is 0. The van der Waals surface area contributed by atoms with E-state index in [1.165, 1.54) is 0 Å². The fourth-order valence-corrected chi connectivity index (χ4v) is 0. The van der Waals surface area contributed by atoms with Gasteiger partial charge in [-0.1, -0.05) is 0 Å². The van der Waals surface area contributed by atoms with Gasteiger partial charge in [-0.25, -0.2) is 9.13 Å². The number of carbonyl (C=O) groups is 5. The number of rotatable bonds is 0. The average Bonchev–Trinajstić information content (AvgIpc) is 2.11. The van der Waals surface area contributed by atoms with Crippen LogP contribution in [-0.2, 0) is 33.1 Å². The van der Waals surface area contributed by atoms with Crippen molar-refractivity contribution in [1.82, 2.24) is 0 Å². The summed E-state index contributed by atoms with van der Waals surface area (Å²) in [5, 5.41) is 44.4. The van der Waals surface area contributed by atoms with Crippen molar-refractivity contribution in [3.8, 4) is 0 Å². The number of carbonyl (C=O) groups excluding carboxylic acids is 5. The Morgan fingerprint density at radius 1 is 0.500 bits per heavy atom. The Labute approximate surface area is 162 Å². The molecule has 0 saturated carbocycles.